The molecule has 0 saturated carbocycles. The van der Waals surface area contributed by atoms with E-state index in [9.17, 15) is 4.79 Å². The molecule has 0 saturated heterocycles. The highest BCUT2D eigenvalue weighted by Crippen LogP contribution is 2.15. The predicted molar refractivity (Wildman–Crippen MR) is 62.6 cm³/mol. The van der Waals surface area contributed by atoms with Crippen LogP contribution in [0.3, 0.4) is 0 Å². The van der Waals surface area contributed by atoms with Gasteiger partial charge in [0.2, 0.25) is 5.91 Å². The van der Waals surface area contributed by atoms with Crippen molar-refractivity contribution in [3.63, 3.8) is 0 Å². The summed E-state index contributed by atoms with van der Waals surface area (Å²) in [5, 5.41) is 0. The number of pyridine rings is 1. The summed E-state index contributed by atoms with van der Waals surface area (Å²) in [6.45, 7) is 0.0985. The van der Waals surface area contributed by atoms with E-state index in [0.717, 1.165) is 0 Å². The minimum absolute atomic E-state index is 0.0985. The number of likely N-dealkylation sites (N-methyl/N-ethyl adjacent to an activating group) is 1. The van der Waals surface area contributed by atoms with Crippen molar-refractivity contribution in [1.29, 1.82) is 0 Å². The molecule has 0 fully saturated rings. The largest absolute Gasteiger partial charge is 0.388 e. The summed E-state index contributed by atoms with van der Waals surface area (Å²) in [6.07, 6.45) is 1.59. The third-order valence-electron chi connectivity index (χ3n) is 1.82. The molecule has 1 aromatic rings. The van der Waals surface area contributed by atoms with Crippen LogP contribution in [0, 0.1) is 0 Å². The maximum absolute atomic E-state index is 10.8. The van der Waals surface area contributed by atoms with Crippen LogP contribution in [0.25, 0.3) is 0 Å². The fourth-order valence-corrected chi connectivity index (χ4v) is 1.37. The second-order valence-corrected chi connectivity index (χ2v) is 3.50. The Kier molecular flexibility index (Phi) is 3.56. The first-order chi connectivity index (χ1) is 7.02. The number of hydrogen-bond donors (Lipinski definition) is 2. The number of amides is 1. The van der Waals surface area contributed by atoms with Crippen LogP contribution in [0.4, 0.5) is 5.69 Å². The molecule has 1 heterocycles. The number of nitrogens with zero attached hydrogens (tertiary/aromatic N) is 2. The zero-order valence-corrected chi connectivity index (χ0v) is 9.12. The molecule has 0 aliphatic heterocycles. The number of carbonyl (C=O) groups excluding carboxylic acids is 1. The highest BCUT2D eigenvalue weighted by molar-refractivity contribution is 7.80. The number of nitrogens with two attached hydrogens (primary N) is 2. The topological polar surface area (TPSA) is 85.2 Å². The summed E-state index contributed by atoms with van der Waals surface area (Å²) >= 11 is 4.85. The van der Waals surface area contributed by atoms with Crippen LogP contribution < -0.4 is 16.4 Å². The van der Waals surface area contributed by atoms with Crippen molar-refractivity contribution in [1.82, 2.24) is 4.98 Å². The van der Waals surface area contributed by atoms with E-state index in [0.29, 0.717) is 11.4 Å². The van der Waals surface area contributed by atoms with Crippen molar-refractivity contribution in [2.75, 3.05) is 18.5 Å². The summed E-state index contributed by atoms with van der Waals surface area (Å²) in [7, 11) is 1.73. The third-order valence-corrected chi connectivity index (χ3v) is 2.02. The van der Waals surface area contributed by atoms with Crippen LogP contribution in [-0.4, -0.2) is 29.5 Å². The van der Waals surface area contributed by atoms with Crippen LogP contribution in [0.15, 0.2) is 18.3 Å². The van der Waals surface area contributed by atoms with Crippen molar-refractivity contribution in [2.24, 2.45) is 11.5 Å². The molecule has 0 spiro atoms. The first kappa shape index (κ1) is 11.4. The molecule has 5 nitrogen and oxygen atoms in total. The van der Waals surface area contributed by atoms with Gasteiger partial charge in [-0.1, -0.05) is 12.2 Å². The van der Waals surface area contributed by atoms with Crippen LogP contribution >= 0.6 is 12.2 Å². The smallest absolute Gasteiger partial charge is 0.236 e. The molecule has 80 valence electrons. The summed E-state index contributed by atoms with van der Waals surface area (Å²) in [5.74, 6) is -0.421. The Labute approximate surface area is 93.1 Å². The molecular formula is C9H12N4OS. The monoisotopic (exact) mass is 224 g/mol. The second kappa shape index (κ2) is 4.70. The number of anilines is 1. The van der Waals surface area contributed by atoms with Gasteiger partial charge in [0.25, 0.3) is 0 Å². The lowest BCUT2D eigenvalue weighted by Gasteiger charge is -2.19. The van der Waals surface area contributed by atoms with Gasteiger partial charge in [0.15, 0.2) is 0 Å². The maximum atomic E-state index is 10.8. The Hall–Kier alpha value is -1.69. The van der Waals surface area contributed by atoms with E-state index in [1.54, 1.807) is 30.3 Å². The van der Waals surface area contributed by atoms with Gasteiger partial charge in [-0.3, -0.25) is 9.78 Å². The van der Waals surface area contributed by atoms with E-state index >= 15 is 0 Å². The molecule has 0 aliphatic carbocycles. The number of aromatic nitrogens is 1. The minimum atomic E-state index is -0.421. The predicted octanol–water partition coefficient (Wildman–Crippen LogP) is -0.363. The van der Waals surface area contributed by atoms with Crippen LogP contribution in [0.1, 0.15) is 5.69 Å². The Morgan fingerprint density at radius 1 is 1.60 bits per heavy atom. The molecule has 0 atom stereocenters. The number of carbonyl (C=O) groups is 1. The van der Waals surface area contributed by atoms with Gasteiger partial charge >= 0.3 is 0 Å². The molecule has 0 bridgehead atoms. The normalized spacial score (nSPS) is 9.67. The molecule has 0 unspecified atom stereocenters. The lowest BCUT2D eigenvalue weighted by atomic mass is 10.2. The zero-order chi connectivity index (χ0) is 11.4. The van der Waals surface area contributed by atoms with Crippen LogP contribution in [-0.2, 0) is 4.79 Å². The molecule has 0 aliphatic rings. The molecule has 1 amide bonds. The van der Waals surface area contributed by atoms with Crippen LogP contribution in [0.2, 0.25) is 0 Å². The van der Waals surface area contributed by atoms with Crippen molar-refractivity contribution < 1.29 is 4.79 Å². The van der Waals surface area contributed by atoms with Gasteiger partial charge in [0.05, 0.1) is 12.2 Å². The standard InChI is InChI=1S/C9H12N4OS/c1-13(5-7(10)14)6-3-2-4-12-8(6)9(11)15/h2-4H,5H2,1H3,(H2,10,14)(H2,11,15). The van der Waals surface area contributed by atoms with Crippen molar-refractivity contribution >= 4 is 28.8 Å². The lowest BCUT2D eigenvalue weighted by molar-refractivity contribution is -0.116. The Bertz CT molecular complexity index is 393. The van der Waals surface area contributed by atoms with Gasteiger partial charge in [0, 0.05) is 13.2 Å². The van der Waals surface area contributed by atoms with Gasteiger partial charge in [-0.15, -0.1) is 0 Å². The van der Waals surface area contributed by atoms with E-state index in [2.05, 4.69) is 4.98 Å². The molecule has 0 aromatic carbocycles. The number of rotatable bonds is 4. The number of primary amides is 1. The third kappa shape index (κ3) is 2.88. The van der Waals surface area contributed by atoms with Gasteiger partial charge in [-0.2, -0.15) is 0 Å². The highest BCUT2D eigenvalue weighted by atomic mass is 32.1. The van der Waals surface area contributed by atoms with E-state index in [-0.39, 0.29) is 11.5 Å². The first-order valence-electron chi connectivity index (χ1n) is 4.26. The molecular weight excluding hydrogens is 212 g/mol. The number of hydrogen-bond acceptors (Lipinski definition) is 4. The van der Waals surface area contributed by atoms with E-state index in [4.69, 9.17) is 23.7 Å². The van der Waals surface area contributed by atoms with Gasteiger partial charge in [-0.25, -0.2) is 0 Å². The minimum Gasteiger partial charge on any atom is -0.388 e. The number of thiocarbonyl (C=S) groups is 1. The zero-order valence-electron chi connectivity index (χ0n) is 8.30. The van der Waals surface area contributed by atoms with Crippen molar-refractivity contribution in [2.45, 2.75) is 0 Å². The fraction of sp³-hybridized carbons (Fsp3) is 0.222. The Morgan fingerprint density at radius 2 is 2.27 bits per heavy atom. The summed E-state index contributed by atoms with van der Waals surface area (Å²) in [6, 6.07) is 3.53. The lowest BCUT2D eigenvalue weighted by Crippen LogP contribution is -2.32. The second-order valence-electron chi connectivity index (χ2n) is 3.06. The Balaban J connectivity index is 3.02. The molecule has 1 rings (SSSR count). The Morgan fingerprint density at radius 3 is 2.80 bits per heavy atom. The first-order valence-corrected chi connectivity index (χ1v) is 4.67. The van der Waals surface area contributed by atoms with Gasteiger partial charge in [0.1, 0.15) is 10.7 Å². The van der Waals surface area contributed by atoms with E-state index < -0.39 is 5.91 Å². The quantitative estimate of drug-likeness (QED) is 0.682. The molecule has 1 aromatic heterocycles. The highest BCUT2D eigenvalue weighted by Gasteiger charge is 2.11. The van der Waals surface area contributed by atoms with Gasteiger partial charge < -0.3 is 16.4 Å². The van der Waals surface area contributed by atoms with E-state index in [1.165, 1.54) is 0 Å². The van der Waals surface area contributed by atoms with E-state index in [1.807, 2.05) is 0 Å². The summed E-state index contributed by atoms with van der Waals surface area (Å²) in [4.78, 5) is 16.7. The molecule has 0 radical (unpaired) electrons. The molecule has 6 heteroatoms. The fourth-order valence-electron chi connectivity index (χ4n) is 1.21. The summed E-state index contributed by atoms with van der Waals surface area (Å²) < 4.78 is 0. The van der Waals surface area contributed by atoms with Crippen LogP contribution in [0.5, 0.6) is 0 Å². The maximum Gasteiger partial charge on any atom is 0.236 e. The van der Waals surface area contributed by atoms with Crippen molar-refractivity contribution in [3.8, 4) is 0 Å². The average molecular weight is 224 g/mol. The average Bonchev–Trinajstić information content (AvgIpc) is 2.16. The molecule has 15 heavy (non-hydrogen) atoms. The summed E-state index contributed by atoms with van der Waals surface area (Å²) in [5.41, 5.74) is 11.8. The SMILES string of the molecule is CN(CC(N)=O)c1cccnc1C(N)=S. The molecule has 4 N–H and O–H groups in total. The van der Waals surface area contributed by atoms with Crippen molar-refractivity contribution in [3.05, 3.63) is 24.0 Å². The van der Waals surface area contributed by atoms with Gasteiger partial charge in [-0.05, 0) is 12.1 Å².